The molecule has 0 bridgehead atoms. The van der Waals surface area contributed by atoms with E-state index in [1.165, 1.54) is 0 Å². The van der Waals surface area contributed by atoms with Crippen molar-refractivity contribution in [1.29, 1.82) is 0 Å². The Balaban J connectivity index is 1.75. The number of nitrogens with zero attached hydrogens (tertiary/aromatic N) is 1. The largest absolute Gasteiger partial charge is 0.493 e. The summed E-state index contributed by atoms with van der Waals surface area (Å²) >= 11 is 0. The van der Waals surface area contributed by atoms with Crippen molar-refractivity contribution in [3.05, 3.63) is 23.3 Å². The van der Waals surface area contributed by atoms with Crippen LogP contribution in [0.15, 0.2) is 12.1 Å². The van der Waals surface area contributed by atoms with Crippen LogP contribution in [0.4, 0.5) is 0 Å². The zero-order chi connectivity index (χ0) is 16.0. The first-order valence-electron chi connectivity index (χ1n) is 8.11. The maximum absolute atomic E-state index is 10.5. The average Bonchev–Trinajstić information content (AvgIpc) is 3.02. The van der Waals surface area contributed by atoms with Crippen LogP contribution < -0.4 is 9.47 Å². The summed E-state index contributed by atoms with van der Waals surface area (Å²) in [5.41, 5.74) is 2.00. The molecule has 2 atom stereocenters. The summed E-state index contributed by atoms with van der Waals surface area (Å²) in [5.74, 6) is 0.874. The standard InChI is InChI=1S/C17H23NO5/c1-20-15-7-11-12(8-16(15)21-2)14(19)10-18-4-3-17(9-13(11)18)22-5-6-23-17/h7-8,13-14,19H,3-6,9-10H2,1-2H3/t13-,14-/m1/s1. The molecule has 2 fully saturated rings. The van der Waals surface area contributed by atoms with Crippen molar-refractivity contribution in [2.24, 2.45) is 0 Å². The molecule has 4 rings (SSSR count). The molecule has 0 saturated carbocycles. The second-order valence-corrected chi connectivity index (χ2v) is 6.42. The van der Waals surface area contributed by atoms with E-state index in [1.54, 1.807) is 14.2 Å². The molecule has 6 heteroatoms. The smallest absolute Gasteiger partial charge is 0.171 e. The van der Waals surface area contributed by atoms with Crippen LogP contribution in [0.25, 0.3) is 0 Å². The summed E-state index contributed by atoms with van der Waals surface area (Å²) in [7, 11) is 3.24. The Morgan fingerprint density at radius 3 is 2.43 bits per heavy atom. The Labute approximate surface area is 135 Å². The number of fused-ring (bicyclic) bond motifs is 3. The fourth-order valence-corrected chi connectivity index (χ4v) is 4.09. The van der Waals surface area contributed by atoms with Gasteiger partial charge < -0.3 is 24.1 Å². The first kappa shape index (κ1) is 15.2. The van der Waals surface area contributed by atoms with Crippen molar-refractivity contribution in [2.75, 3.05) is 40.5 Å². The molecule has 126 valence electrons. The van der Waals surface area contributed by atoms with Gasteiger partial charge in [0.15, 0.2) is 17.3 Å². The van der Waals surface area contributed by atoms with E-state index in [4.69, 9.17) is 18.9 Å². The van der Waals surface area contributed by atoms with Gasteiger partial charge in [0.1, 0.15) is 0 Å². The van der Waals surface area contributed by atoms with Gasteiger partial charge in [0.25, 0.3) is 0 Å². The van der Waals surface area contributed by atoms with Gasteiger partial charge >= 0.3 is 0 Å². The highest BCUT2D eigenvalue weighted by Gasteiger charge is 2.47. The third-order valence-corrected chi connectivity index (χ3v) is 5.25. The normalized spacial score (nSPS) is 29.2. The Kier molecular flexibility index (Phi) is 3.72. The van der Waals surface area contributed by atoms with E-state index in [2.05, 4.69) is 4.90 Å². The van der Waals surface area contributed by atoms with Crippen LogP contribution in [0.1, 0.15) is 36.1 Å². The number of aliphatic hydroxyl groups is 1. The van der Waals surface area contributed by atoms with Gasteiger partial charge in [-0.1, -0.05) is 0 Å². The molecule has 0 radical (unpaired) electrons. The first-order valence-corrected chi connectivity index (χ1v) is 8.11. The molecular formula is C17H23NO5. The molecule has 0 aliphatic carbocycles. The Bertz CT molecular complexity index is 599. The number of aliphatic hydroxyl groups excluding tert-OH is 1. The molecule has 1 N–H and O–H groups in total. The van der Waals surface area contributed by atoms with Crippen molar-refractivity contribution < 1.29 is 24.1 Å². The lowest BCUT2D eigenvalue weighted by Gasteiger charge is -2.47. The number of ether oxygens (including phenoxy) is 4. The van der Waals surface area contributed by atoms with Crippen LogP contribution in [0, 0.1) is 0 Å². The molecule has 3 heterocycles. The van der Waals surface area contributed by atoms with Gasteiger partial charge in [-0.25, -0.2) is 0 Å². The van der Waals surface area contributed by atoms with E-state index in [9.17, 15) is 5.11 Å². The molecular weight excluding hydrogens is 298 g/mol. The maximum Gasteiger partial charge on any atom is 0.171 e. The number of piperidine rings is 1. The first-order chi connectivity index (χ1) is 11.2. The number of methoxy groups -OCH3 is 2. The molecule has 2 saturated heterocycles. The van der Waals surface area contributed by atoms with Gasteiger partial charge in [-0.3, -0.25) is 4.90 Å². The Hall–Kier alpha value is -1.34. The summed E-state index contributed by atoms with van der Waals surface area (Å²) < 4.78 is 22.6. The van der Waals surface area contributed by atoms with E-state index in [0.29, 0.717) is 31.3 Å². The quantitative estimate of drug-likeness (QED) is 0.893. The molecule has 0 aromatic heterocycles. The lowest BCUT2D eigenvalue weighted by Crippen LogP contribution is -2.50. The Morgan fingerprint density at radius 2 is 1.78 bits per heavy atom. The van der Waals surface area contributed by atoms with Gasteiger partial charge in [-0.15, -0.1) is 0 Å². The molecule has 6 nitrogen and oxygen atoms in total. The average molecular weight is 321 g/mol. The highest BCUT2D eigenvalue weighted by Crippen LogP contribution is 2.48. The van der Waals surface area contributed by atoms with Crippen LogP contribution in [-0.2, 0) is 9.47 Å². The monoisotopic (exact) mass is 321 g/mol. The number of hydrogen-bond acceptors (Lipinski definition) is 6. The number of benzene rings is 1. The highest BCUT2D eigenvalue weighted by atomic mass is 16.7. The zero-order valence-electron chi connectivity index (χ0n) is 13.6. The van der Waals surface area contributed by atoms with Crippen molar-refractivity contribution in [3.8, 4) is 11.5 Å². The zero-order valence-corrected chi connectivity index (χ0v) is 13.6. The van der Waals surface area contributed by atoms with E-state index in [-0.39, 0.29) is 6.04 Å². The second-order valence-electron chi connectivity index (χ2n) is 6.42. The molecule has 3 aliphatic rings. The molecule has 3 aliphatic heterocycles. The van der Waals surface area contributed by atoms with E-state index >= 15 is 0 Å². The van der Waals surface area contributed by atoms with Crippen molar-refractivity contribution in [3.63, 3.8) is 0 Å². The minimum Gasteiger partial charge on any atom is -0.493 e. The molecule has 1 spiro atoms. The van der Waals surface area contributed by atoms with Crippen LogP contribution in [0.2, 0.25) is 0 Å². The minimum absolute atomic E-state index is 0.167. The van der Waals surface area contributed by atoms with Gasteiger partial charge in [0.2, 0.25) is 0 Å². The summed E-state index contributed by atoms with van der Waals surface area (Å²) in [6.07, 6.45) is 1.11. The van der Waals surface area contributed by atoms with Crippen molar-refractivity contribution >= 4 is 0 Å². The van der Waals surface area contributed by atoms with Crippen LogP contribution in [-0.4, -0.2) is 56.3 Å². The van der Waals surface area contributed by atoms with Crippen molar-refractivity contribution in [2.45, 2.75) is 30.8 Å². The molecule has 0 unspecified atom stereocenters. The van der Waals surface area contributed by atoms with Crippen LogP contribution in [0.3, 0.4) is 0 Å². The lowest BCUT2D eigenvalue weighted by atomic mass is 9.83. The Morgan fingerprint density at radius 1 is 1.13 bits per heavy atom. The topological polar surface area (TPSA) is 60.4 Å². The van der Waals surface area contributed by atoms with Crippen molar-refractivity contribution in [1.82, 2.24) is 4.90 Å². The summed E-state index contributed by atoms with van der Waals surface area (Å²) in [4.78, 5) is 2.31. The van der Waals surface area contributed by atoms with Gasteiger partial charge in [0, 0.05) is 32.0 Å². The minimum atomic E-state index is -0.513. The van der Waals surface area contributed by atoms with E-state index < -0.39 is 11.9 Å². The third-order valence-electron chi connectivity index (χ3n) is 5.25. The molecule has 1 aromatic carbocycles. The van der Waals surface area contributed by atoms with Gasteiger partial charge in [-0.05, 0) is 23.3 Å². The van der Waals surface area contributed by atoms with Crippen LogP contribution >= 0.6 is 0 Å². The van der Waals surface area contributed by atoms with Gasteiger partial charge in [-0.2, -0.15) is 0 Å². The SMILES string of the molecule is COc1cc2c(cc1OC)[C@H]1CC3(CCN1C[C@H]2O)OCCO3. The third kappa shape index (κ3) is 2.41. The van der Waals surface area contributed by atoms with E-state index in [1.807, 2.05) is 12.1 Å². The summed E-state index contributed by atoms with van der Waals surface area (Å²) in [6.45, 7) is 2.81. The predicted molar refractivity (Wildman–Crippen MR) is 82.7 cm³/mol. The maximum atomic E-state index is 10.5. The second kappa shape index (κ2) is 5.63. The predicted octanol–water partition coefficient (Wildman–Crippen LogP) is 1.63. The van der Waals surface area contributed by atoms with Crippen LogP contribution in [0.5, 0.6) is 11.5 Å². The fourth-order valence-electron chi connectivity index (χ4n) is 4.09. The number of hydrogen-bond donors (Lipinski definition) is 1. The molecule has 1 aromatic rings. The summed E-state index contributed by atoms with van der Waals surface area (Å²) in [6, 6.07) is 4.05. The van der Waals surface area contributed by atoms with Gasteiger partial charge in [0.05, 0.1) is 33.5 Å². The number of rotatable bonds is 2. The fraction of sp³-hybridized carbons (Fsp3) is 0.647. The van der Waals surface area contributed by atoms with E-state index in [0.717, 1.165) is 30.5 Å². The molecule has 0 amide bonds. The lowest BCUT2D eigenvalue weighted by molar-refractivity contribution is -0.201. The molecule has 23 heavy (non-hydrogen) atoms. The summed E-state index contributed by atoms with van der Waals surface area (Å²) in [5, 5.41) is 10.5. The highest BCUT2D eigenvalue weighted by molar-refractivity contribution is 5.50.